The summed E-state index contributed by atoms with van der Waals surface area (Å²) in [4.78, 5) is 38.3. The van der Waals surface area contributed by atoms with Crippen LogP contribution < -0.4 is 9.47 Å². The van der Waals surface area contributed by atoms with Crippen LogP contribution in [0.5, 0.6) is 17.2 Å². The van der Waals surface area contributed by atoms with Crippen molar-refractivity contribution in [1.29, 1.82) is 0 Å². The quantitative estimate of drug-likeness (QED) is 0.328. The van der Waals surface area contributed by atoms with Crippen LogP contribution in [0.1, 0.15) is 79.6 Å². The SMILES string of the molecule is COc1c2c(c(O)c3c4c(c(C)cc13)C1OC3(C5OCCCO5)OC1[C@@](O[C@H]1C[C@H](OC(C)=O)[C@@](O)(C(C)=O)C(C)O1)(O4)[C@@]31CO1)C(=O)CCC2. The molecule has 1 aliphatic carbocycles. The Kier molecular flexibility index (Phi) is 7.25. The van der Waals surface area contributed by atoms with Gasteiger partial charge in [-0.15, -0.1) is 0 Å². The topological polar surface area (TPSA) is 187 Å². The number of aliphatic hydroxyl groups is 1. The number of esters is 1. The Balaban J connectivity index is 1.24. The fourth-order valence-corrected chi connectivity index (χ4v) is 9.31. The molecule has 2 N–H and O–H groups in total. The number of aromatic hydroxyl groups is 1. The lowest BCUT2D eigenvalue weighted by Crippen LogP contribution is -2.72. The molecular weight excluding hydrogens is 672 g/mol. The van der Waals surface area contributed by atoms with Crippen LogP contribution in [-0.2, 0) is 53.9 Å². The molecule has 2 bridgehead atoms. The molecule has 2 aromatic rings. The summed E-state index contributed by atoms with van der Waals surface area (Å²) < 4.78 is 63.6. The van der Waals surface area contributed by atoms with Gasteiger partial charge in [0.25, 0.3) is 11.6 Å². The average Bonchev–Trinajstić information content (AvgIpc) is 3.75. The van der Waals surface area contributed by atoms with Crippen LogP contribution >= 0.6 is 0 Å². The lowest BCUT2D eigenvalue weighted by atomic mass is 9.78. The molecule has 0 saturated carbocycles. The first-order chi connectivity index (χ1) is 24.3. The highest BCUT2D eigenvalue weighted by Gasteiger charge is 2.94. The zero-order valence-corrected chi connectivity index (χ0v) is 28.9. The molecule has 0 amide bonds. The fourth-order valence-electron chi connectivity index (χ4n) is 9.31. The van der Waals surface area contributed by atoms with Crippen molar-refractivity contribution in [3.8, 4) is 17.2 Å². The predicted octanol–water partition coefficient (Wildman–Crippen LogP) is 2.57. The van der Waals surface area contributed by atoms with Crippen molar-refractivity contribution >= 4 is 28.3 Å². The molecular formula is C36H40O15. The van der Waals surface area contributed by atoms with E-state index < -0.39 is 71.5 Å². The summed E-state index contributed by atoms with van der Waals surface area (Å²) in [7, 11) is 1.52. The number of aryl methyl sites for hydroxylation is 1. The van der Waals surface area contributed by atoms with Gasteiger partial charge in [-0.25, -0.2) is 0 Å². The van der Waals surface area contributed by atoms with E-state index in [4.69, 9.17) is 47.4 Å². The molecule has 51 heavy (non-hydrogen) atoms. The van der Waals surface area contributed by atoms with Crippen molar-refractivity contribution in [1.82, 2.24) is 0 Å². The van der Waals surface area contributed by atoms with Crippen molar-refractivity contribution in [3.05, 3.63) is 28.3 Å². The number of benzene rings is 2. The van der Waals surface area contributed by atoms with Crippen LogP contribution in [0.15, 0.2) is 6.07 Å². The summed E-state index contributed by atoms with van der Waals surface area (Å²) in [6, 6.07) is 1.88. The van der Waals surface area contributed by atoms with Gasteiger partial charge < -0.3 is 57.6 Å². The highest BCUT2D eigenvalue weighted by Crippen LogP contribution is 2.72. The van der Waals surface area contributed by atoms with E-state index >= 15 is 0 Å². The second-order valence-electron chi connectivity index (χ2n) is 14.5. The summed E-state index contributed by atoms with van der Waals surface area (Å²) in [5.74, 6) is -4.69. The van der Waals surface area contributed by atoms with Gasteiger partial charge in [0.15, 0.2) is 29.6 Å². The zero-order chi connectivity index (χ0) is 35.8. The Morgan fingerprint density at radius 2 is 1.82 bits per heavy atom. The van der Waals surface area contributed by atoms with Crippen LogP contribution in [0.4, 0.5) is 0 Å². The van der Waals surface area contributed by atoms with E-state index in [0.29, 0.717) is 54.7 Å². The van der Waals surface area contributed by atoms with E-state index in [1.165, 1.54) is 27.9 Å². The van der Waals surface area contributed by atoms with Crippen molar-refractivity contribution in [2.24, 2.45) is 0 Å². The molecule has 2 aromatic carbocycles. The lowest BCUT2D eigenvalue weighted by molar-refractivity contribution is -0.391. The summed E-state index contributed by atoms with van der Waals surface area (Å²) in [5, 5.41) is 24.2. The first kappa shape index (κ1) is 33.4. The van der Waals surface area contributed by atoms with Crippen molar-refractivity contribution in [2.45, 2.75) is 120 Å². The molecule has 5 saturated heterocycles. The van der Waals surface area contributed by atoms with Crippen LogP contribution in [0, 0.1) is 6.92 Å². The van der Waals surface area contributed by atoms with Crippen molar-refractivity contribution in [3.63, 3.8) is 0 Å². The predicted molar refractivity (Wildman–Crippen MR) is 169 cm³/mol. The second-order valence-corrected chi connectivity index (χ2v) is 14.5. The van der Waals surface area contributed by atoms with Gasteiger partial charge in [-0.3, -0.25) is 14.4 Å². The number of epoxide rings is 1. The Morgan fingerprint density at radius 3 is 2.49 bits per heavy atom. The van der Waals surface area contributed by atoms with Gasteiger partial charge in [-0.2, -0.15) is 0 Å². The van der Waals surface area contributed by atoms with Gasteiger partial charge in [0.2, 0.25) is 11.9 Å². The van der Waals surface area contributed by atoms with Crippen LogP contribution in [0.3, 0.4) is 0 Å². The highest BCUT2D eigenvalue weighted by molar-refractivity contribution is 6.11. The smallest absolute Gasteiger partial charge is 0.303 e. The second kappa shape index (κ2) is 11.1. The molecule has 4 unspecified atom stereocenters. The van der Waals surface area contributed by atoms with Gasteiger partial charge in [-0.05, 0) is 51.7 Å². The van der Waals surface area contributed by atoms with Gasteiger partial charge in [-0.1, -0.05) is 0 Å². The van der Waals surface area contributed by atoms with Gasteiger partial charge in [0.1, 0.15) is 29.5 Å². The van der Waals surface area contributed by atoms with Crippen LogP contribution in [0.25, 0.3) is 10.8 Å². The number of carbonyl (C=O) groups excluding carboxylic acids is 3. The number of methoxy groups -OCH3 is 1. The highest BCUT2D eigenvalue weighted by atomic mass is 16.9. The number of Topliss-reactive ketones (excluding diaryl/α,β-unsaturated/α-hetero) is 2. The molecule has 6 aliphatic heterocycles. The molecule has 5 fully saturated rings. The molecule has 9 rings (SSSR count). The molecule has 274 valence electrons. The number of rotatable bonds is 6. The van der Waals surface area contributed by atoms with E-state index in [9.17, 15) is 24.6 Å². The Hall–Kier alpha value is -3.41. The number of hydrogen-bond acceptors (Lipinski definition) is 15. The number of phenolic OH excluding ortho intramolecular Hbond substituents is 1. The third kappa shape index (κ3) is 4.14. The van der Waals surface area contributed by atoms with Gasteiger partial charge >= 0.3 is 5.97 Å². The number of carbonyl (C=O) groups is 3. The molecule has 15 heteroatoms. The molecule has 7 aliphatic rings. The molecule has 6 heterocycles. The summed E-state index contributed by atoms with van der Waals surface area (Å²) in [6.07, 6.45) is -4.82. The van der Waals surface area contributed by atoms with E-state index in [1.807, 2.05) is 13.0 Å². The number of ether oxygens (including phenoxy) is 10. The number of ketones is 2. The fraction of sp³-hybridized carbons (Fsp3) is 0.639. The molecule has 0 radical (unpaired) electrons. The largest absolute Gasteiger partial charge is 0.506 e. The third-order valence-electron chi connectivity index (χ3n) is 11.7. The van der Waals surface area contributed by atoms with Crippen LogP contribution in [-0.4, -0.2) is 108 Å². The van der Waals surface area contributed by atoms with E-state index in [-0.39, 0.29) is 47.7 Å². The lowest BCUT2D eigenvalue weighted by Gasteiger charge is -2.52. The van der Waals surface area contributed by atoms with E-state index in [2.05, 4.69) is 0 Å². The van der Waals surface area contributed by atoms with E-state index in [0.717, 1.165) is 5.56 Å². The maximum absolute atomic E-state index is 13.3. The average molecular weight is 713 g/mol. The minimum absolute atomic E-state index is 0.0226. The van der Waals surface area contributed by atoms with Gasteiger partial charge in [0, 0.05) is 36.3 Å². The van der Waals surface area contributed by atoms with Crippen molar-refractivity contribution < 1.29 is 72.0 Å². The van der Waals surface area contributed by atoms with Crippen molar-refractivity contribution in [2.75, 3.05) is 26.9 Å². The Labute approximate surface area is 292 Å². The van der Waals surface area contributed by atoms with Gasteiger partial charge in [0.05, 0.1) is 44.0 Å². The first-order valence-electron chi connectivity index (χ1n) is 17.4. The minimum Gasteiger partial charge on any atom is -0.506 e. The first-order valence-corrected chi connectivity index (χ1v) is 17.4. The third-order valence-corrected chi connectivity index (χ3v) is 11.7. The Morgan fingerprint density at radius 1 is 1.08 bits per heavy atom. The number of hydrogen-bond donors (Lipinski definition) is 2. The zero-order valence-electron chi connectivity index (χ0n) is 28.9. The molecule has 15 nitrogen and oxygen atoms in total. The molecule has 0 aromatic heterocycles. The standard InChI is InChI=1S/C36H40O15/c1-15-12-20-26(27(40)25-19(28(20)42-5)8-6-9-21(25)39)29-24(15)30-31-35(49-29,33(14-45-33)36(50-30,51-31)32-43-10-7-11-44-32)48-23-13-22(47-18(4)38)34(41,16(2)37)17(3)46-23/h12,17,22-23,30-32,40-41H,6-11,13-14H2,1-5H3/t17?,22-,23-,30?,31?,33-,34+,35+,36?/m0/s1. The van der Waals surface area contributed by atoms with Crippen LogP contribution in [0.2, 0.25) is 0 Å². The normalized spacial score (nSPS) is 39.4. The summed E-state index contributed by atoms with van der Waals surface area (Å²) in [6.45, 7) is 6.53. The molecule has 9 atom stereocenters. The summed E-state index contributed by atoms with van der Waals surface area (Å²) >= 11 is 0. The number of phenols is 1. The summed E-state index contributed by atoms with van der Waals surface area (Å²) in [5.41, 5.74) is -1.54. The maximum Gasteiger partial charge on any atom is 0.303 e. The maximum atomic E-state index is 13.3. The minimum atomic E-state index is -2.15. The molecule has 1 spiro atoms. The number of fused-ring (bicyclic) bond motifs is 8. The monoisotopic (exact) mass is 712 g/mol. The Bertz CT molecular complexity index is 1880. The van der Waals surface area contributed by atoms with E-state index in [1.54, 1.807) is 0 Å².